The number of rotatable bonds is 8. The normalized spacial score (nSPS) is 28.8. The number of aliphatic hydroxyl groups is 1. The van der Waals surface area contributed by atoms with Gasteiger partial charge in [0.1, 0.15) is 0 Å². The van der Waals surface area contributed by atoms with Crippen LogP contribution in [0.3, 0.4) is 0 Å². The van der Waals surface area contributed by atoms with Crippen LogP contribution in [0.1, 0.15) is 32.6 Å². The van der Waals surface area contributed by atoms with E-state index in [2.05, 4.69) is 11.8 Å². The summed E-state index contributed by atoms with van der Waals surface area (Å²) in [5, 5.41) is 10.2. The zero-order valence-corrected chi connectivity index (χ0v) is 12.1. The molecule has 1 aliphatic rings. The molecular formula is C14H29NO3. The molecule has 1 aliphatic carbocycles. The number of methoxy groups -OCH3 is 2. The summed E-state index contributed by atoms with van der Waals surface area (Å²) in [7, 11) is 3.45. The van der Waals surface area contributed by atoms with E-state index in [4.69, 9.17) is 9.47 Å². The molecular weight excluding hydrogens is 230 g/mol. The lowest BCUT2D eigenvalue weighted by Gasteiger charge is -2.40. The minimum Gasteiger partial charge on any atom is -0.391 e. The Bertz CT molecular complexity index is 205. The van der Waals surface area contributed by atoms with Crippen molar-refractivity contribution in [3.8, 4) is 0 Å². The smallest absolute Gasteiger partial charge is 0.0695 e. The largest absolute Gasteiger partial charge is 0.391 e. The van der Waals surface area contributed by atoms with Crippen LogP contribution >= 0.6 is 0 Å². The van der Waals surface area contributed by atoms with Crippen LogP contribution in [-0.2, 0) is 9.47 Å². The van der Waals surface area contributed by atoms with Crippen molar-refractivity contribution >= 4 is 0 Å². The molecule has 0 saturated heterocycles. The van der Waals surface area contributed by atoms with Gasteiger partial charge >= 0.3 is 0 Å². The maximum atomic E-state index is 10.2. The maximum Gasteiger partial charge on any atom is 0.0695 e. The molecule has 0 aliphatic heterocycles. The molecule has 1 saturated carbocycles. The SMILES string of the molecule is CCC1CCC(O)C(N(CCOC)CCOC)C1. The highest BCUT2D eigenvalue weighted by Crippen LogP contribution is 2.30. The van der Waals surface area contributed by atoms with Gasteiger partial charge in [0.2, 0.25) is 0 Å². The lowest BCUT2D eigenvalue weighted by Crippen LogP contribution is -2.49. The number of ether oxygens (including phenoxy) is 2. The van der Waals surface area contributed by atoms with Crippen molar-refractivity contribution in [1.29, 1.82) is 0 Å². The van der Waals surface area contributed by atoms with Gasteiger partial charge in [-0.05, 0) is 25.2 Å². The molecule has 4 nitrogen and oxygen atoms in total. The molecule has 0 bridgehead atoms. The molecule has 0 spiro atoms. The minimum atomic E-state index is -0.193. The Labute approximate surface area is 111 Å². The molecule has 3 unspecified atom stereocenters. The fourth-order valence-electron chi connectivity index (χ4n) is 2.84. The molecule has 0 aromatic rings. The van der Waals surface area contributed by atoms with E-state index in [1.54, 1.807) is 14.2 Å². The second-order valence-corrected chi connectivity index (χ2v) is 5.24. The summed E-state index contributed by atoms with van der Waals surface area (Å²) in [6, 6.07) is 0.272. The van der Waals surface area contributed by atoms with Gasteiger partial charge in [0, 0.05) is 33.4 Å². The fraction of sp³-hybridized carbons (Fsp3) is 1.00. The van der Waals surface area contributed by atoms with Crippen LogP contribution in [0.25, 0.3) is 0 Å². The third kappa shape index (κ3) is 4.84. The van der Waals surface area contributed by atoms with Gasteiger partial charge in [0.05, 0.1) is 19.3 Å². The van der Waals surface area contributed by atoms with E-state index in [9.17, 15) is 5.11 Å². The summed E-state index contributed by atoms with van der Waals surface area (Å²) in [5.74, 6) is 0.756. The van der Waals surface area contributed by atoms with Gasteiger partial charge in [-0.25, -0.2) is 0 Å². The van der Waals surface area contributed by atoms with E-state index in [0.717, 1.165) is 38.3 Å². The Morgan fingerprint density at radius 2 is 1.72 bits per heavy atom. The Balaban J connectivity index is 2.55. The molecule has 0 amide bonds. The molecule has 108 valence electrons. The van der Waals surface area contributed by atoms with Crippen LogP contribution in [0.4, 0.5) is 0 Å². The maximum absolute atomic E-state index is 10.2. The summed E-state index contributed by atoms with van der Waals surface area (Å²) in [6.45, 7) is 5.41. The summed E-state index contributed by atoms with van der Waals surface area (Å²) >= 11 is 0. The summed E-state index contributed by atoms with van der Waals surface area (Å²) in [4.78, 5) is 2.33. The highest BCUT2D eigenvalue weighted by Gasteiger charge is 2.32. The van der Waals surface area contributed by atoms with Gasteiger partial charge in [0.25, 0.3) is 0 Å². The third-order valence-corrected chi connectivity index (χ3v) is 4.10. The van der Waals surface area contributed by atoms with Crippen LogP contribution in [-0.4, -0.2) is 62.7 Å². The zero-order chi connectivity index (χ0) is 13.4. The first-order valence-corrected chi connectivity index (χ1v) is 7.12. The monoisotopic (exact) mass is 259 g/mol. The van der Waals surface area contributed by atoms with Crippen molar-refractivity contribution in [3.05, 3.63) is 0 Å². The summed E-state index contributed by atoms with van der Waals surface area (Å²) in [6.07, 6.45) is 4.22. The van der Waals surface area contributed by atoms with E-state index >= 15 is 0 Å². The summed E-state index contributed by atoms with van der Waals surface area (Å²) < 4.78 is 10.3. The number of nitrogens with zero attached hydrogens (tertiary/aromatic N) is 1. The van der Waals surface area contributed by atoms with Gasteiger partial charge in [-0.3, -0.25) is 4.90 Å². The molecule has 0 radical (unpaired) electrons. The topological polar surface area (TPSA) is 41.9 Å². The minimum absolute atomic E-state index is 0.193. The number of hydrogen-bond acceptors (Lipinski definition) is 4. The van der Waals surface area contributed by atoms with Gasteiger partial charge < -0.3 is 14.6 Å². The van der Waals surface area contributed by atoms with Crippen LogP contribution in [0, 0.1) is 5.92 Å². The van der Waals surface area contributed by atoms with Crippen LogP contribution in [0.2, 0.25) is 0 Å². The highest BCUT2D eigenvalue weighted by molar-refractivity contribution is 4.86. The van der Waals surface area contributed by atoms with E-state index in [1.807, 2.05) is 0 Å². The Hall–Kier alpha value is -0.160. The van der Waals surface area contributed by atoms with Crippen molar-refractivity contribution < 1.29 is 14.6 Å². The first kappa shape index (κ1) is 15.9. The fourth-order valence-corrected chi connectivity index (χ4v) is 2.84. The van der Waals surface area contributed by atoms with Gasteiger partial charge in [-0.15, -0.1) is 0 Å². The zero-order valence-electron chi connectivity index (χ0n) is 12.1. The van der Waals surface area contributed by atoms with E-state index in [0.29, 0.717) is 13.2 Å². The van der Waals surface area contributed by atoms with E-state index in [-0.39, 0.29) is 12.1 Å². The number of hydrogen-bond donors (Lipinski definition) is 1. The molecule has 4 heteroatoms. The quantitative estimate of drug-likeness (QED) is 0.717. The summed E-state index contributed by atoms with van der Waals surface area (Å²) in [5.41, 5.74) is 0. The van der Waals surface area contributed by atoms with Gasteiger partial charge in [0.15, 0.2) is 0 Å². The van der Waals surface area contributed by atoms with Crippen molar-refractivity contribution in [2.24, 2.45) is 5.92 Å². The molecule has 0 aromatic heterocycles. The van der Waals surface area contributed by atoms with Gasteiger partial charge in [-0.1, -0.05) is 13.3 Å². The predicted molar refractivity (Wildman–Crippen MR) is 72.8 cm³/mol. The first-order chi connectivity index (χ1) is 8.72. The first-order valence-electron chi connectivity index (χ1n) is 7.12. The van der Waals surface area contributed by atoms with Crippen molar-refractivity contribution in [2.45, 2.75) is 44.8 Å². The van der Waals surface area contributed by atoms with Crippen molar-refractivity contribution in [2.75, 3.05) is 40.5 Å². The van der Waals surface area contributed by atoms with Crippen LogP contribution < -0.4 is 0 Å². The highest BCUT2D eigenvalue weighted by atomic mass is 16.5. The molecule has 1 rings (SSSR count). The number of aliphatic hydroxyl groups excluding tert-OH is 1. The molecule has 18 heavy (non-hydrogen) atoms. The molecule has 0 aromatic carbocycles. The van der Waals surface area contributed by atoms with Crippen LogP contribution in [0.15, 0.2) is 0 Å². The van der Waals surface area contributed by atoms with Crippen molar-refractivity contribution in [3.63, 3.8) is 0 Å². The van der Waals surface area contributed by atoms with E-state index < -0.39 is 0 Å². The molecule has 1 fully saturated rings. The Morgan fingerprint density at radius 3 is 2.22 bits per heavy atom. The second kappa shape index (κ2) is 8.86. The lowest BCUT2D eigenvalue weighted by atomic mass is 9.81. The standard InChI is InChI=1S/C14H29NO3/c1-4-12-5-6-14(16)13(11-12)15(7-9-17-2)8-10-18-3/h12-14,16H,4-11H2,1-3H3. The van der Waals surface area contributed by atoms with Crippen molar-refractivity contribution in [1.82, 2.24) is 4.90 Å². The Kier molecular flexibility index (Phi) is 7.82. The van der Waals surface area contributed by atoms with Crippen LogP contribution in [0.5, 0.6) is 0 Å². The lowest BCUT2D eigenvalue weighted by molar-refractivity contribution is -0.0150. The molecule has 0 heterocycles. The third-order valence-electron chi connectivity index (χ3n) is 4.10. The second-order valence-electron chi connectivity index (χ2n) is 5.24. The average molecular weight is 259 g/mol. The average Bonchev–Trinajstić information content (AvgIpc) is 2.40. The molecule has 1 N–H and O–H groups in total. The predicted octanol–water partition coefficient (Wildman–Crippen LogP) is 1.52. The Morgan fingerprint density at radius 1 is 1.11 bits per heavy atom. The molecule has 3 atom stereocenters. The van der Waals surface area contributed by atoms with E-state index in [1.165, 1.54) is 6.42 Å². The van der Waals surface area contributed by atoms with Gasteiger partial charge in [-0.2, -0.15) is 0 Å².